The Bertz CT molecular complexity index is 605. The van der Waals surface area contributed by atoms with Gasteiger partial charge in [0, 0.05) is 44.1 Å². The fraction of sp³-hybridized carbons (Fsp3) is 0.800. The largest absolute Gasteiger partial charge is 0.376 e. The molecule has 1 unspecified atom stereocenters. The van der Waals surface area contributed by atoms with Gasteiger partial charge in [0.25, 0.3) is 0 Å². The molecular weight excluding hydrogens is 360 g/mol. The van der Waals surface area contributed by atoms with Crippen molar-refractivity contribution < 1.29 is 9.47 Å². The van der Waals surface area contributed by atoms with Crippen LogP contribution in [0.1, 0.15) is 48.2 Å². The summed E-state index contributed by atoms with van der Waals surface area (Å²) in [5.74, 6) is 1.04. The second kappa shape index (κ2) is 10.4. The standard InChI is InChI=1S/C20H34N4O2S/c1-4-21-20(22-10-7-19-15(2)23-16(3)27-19)24-11-8-17(9-12-24)26-14-18-6-5-13-25-18/h17-18H,4-14H2,1-3H3,(H,21,22). The second-order valence-corrected chi connectivity index (χ2v) is 8.67. The zero-order chi connectivity index (χ0) is 19.1. The van der Waals surface area contributed by atoms with Crippen LogP contribution in [0, 0.1) is 13.8 Å². The van der Waals surface area contributed by atoms with Crippen molar-refractivity contribution in [2.24, 2.45) is 4.99 Å². The molecule has 0 aliphatic carbocycles. The Balaban J connectivity index is 1.44. The molecule has 0 radical (unpaired) electrons. The highest BCUT2D eigenvalue weighted by atomic mass is 32.1. The lowest BCUT2D eigenvalue weighted by Gasteiger charge is -2.34. The first-order chi connectivity index (χ1) is 13.2. The zero-order valence-corrected chi connectivity index (χ0v) is 17.8. The van der Waals surface area contributed by atoms with E-state index in [1.165, 1.54) is 11.3 Å². The van der Waals surface area contributed by atoms with Crippen molar-refractivity contribution in [1.29, 1.82) is 0 Å². The molecule has 152 valence electrons. The molecule has 3 heterocycles. The molecule has 1 aromatic rings. The summed E-state index contributed by atoms with van der Waals surface area (Å²) < 4.78 is 11.7. The zero-order valence-electron chi connectivity index (χ0n) is 17.0. The normalized spacial score (nSPS) is 21.8. The number of thiazole rings is 1. The van der Waals surface area contributed by atoms with Gasteiger partial charge in [-0.1, -0.05) is 0 Å². The lowest BCUT2D eigenvalue weighted by atomic mass is 10.1. The summed E-state index contributed by atoms with van der Waals surface area (Å²) in [7, 11) is 0. The molecule has 0 aromatic carbocycles. The summed E-state index contributed by atoms with van der Waals surface area (Å²) in [6.45, 7) is 11.6. The van der Waals surface area contributed by atoms with Crippen LogP contribution in [0.15, 0.2) is 4.99 Å². The first-order valence-corrected chi connectivity index (χ1v) is 11.2. The van der Waals surface area contributed by atoms with Gasteiger partial charge in [0.2, 0.25) is 0 Å². The van der Waals surface area contributed by atoms with E-state index in [0.29, 0.717) is 12.2 Å². The monoisotopic (exact) mass is 394 g/mol. The smallest absolute Gasteiger partial charge is 0.193 e. The van der Waals surface area contributed by atoms with E-state index in [9.17, 15) is 0 Å². The lowest BCUT2D eigenvalue weighted by molar-refractivity contribution is -0.0367. The highest BCUT2D eigenvalue weighted by Gasteiger charge is 2.24. The van der Waals surface area contributed by atoms with Gasteiger partial charge in [0.1, 0.15) is 0 Å². The van der Waals surface area contributed by atoms with Gasteiger partial charge >= 0.3 is 0 Å². The van der Waals surface area contributed by atoms with Gasteiger partial charge in [-0.2, -0.15) is 0 Å². The fourth-order valence-corrected chi connectivity index (χ4v) is 4.67. The molecule has 1 atom stereocenters. The second-order valence-electron chi connectivity index (χ2n) is 7.38. The van der Waals surface area contributed by atoms with Gasteiger partial charge in [-0.05, 0) is 46.5 Å². The number of ether oxygens (including phenoxy) is 2. The molecule has 0 saturated carbocycles. The molecule has 27 heavy (non-hydrogen) atoms. The van der Waals surface area contributed by atoms with E-state index in [2.05, 4.69) is 36.0 Å². The van der Waals surface area contributed by atoms with Crippen molar-refractivity contribution >= 4 is 17.3 Å². The molecule has 2 aliphatic heterocycles. The van der Waals surface area contributed by atoms with E-state index in [-0.39, 0.29) is 0 Å². The average molecular weight is 395 g/mol. The lowest BCUT2D eigenvalue weighted by Crippen LogP contribution is -2.47. The van der Waals surface area contributed by atoms with E-state index < -0.39 is 0 Å². The van der Waals surface area contributed by atoms with E-state index >= 15 is 0 Å². The van der Waals surface area contributed by atoms with Crippen LogP contribution < -0.4 is 5.32 Å². The topological polar surface area (TPSA) is 59.0 Å². The van der Waals surface area contributed by atoms with E-state index in [1.807, 2.05) is 0 Å². The Hall–Kier alpha value is -1.18. The van der Waals surface area contributed by atoms with E-state index in [4.69, 9.17) is 14.5 Å². The van der Waals surface area contributed by atoms with Crippen LogP contribution in [0.5, 0.6) is 0 Å². The quantitative estimate of drug-likeness (QED) is 0.569. The number of piperidine rings is 1. The molecule has 0 bridgehead atoms. The maximum atomic E-state index is 6.09. The third-order valence-corrected chi connectivity index (χ3v) is 6.35. The van der Waals surface area contributed by atoms with Gasteiger partial charge in [0.05, 0.1) is 29.5 Å². The number of hydrogen-bond donors (Lipinski definition) is 1. The van der Waals surface area contributed by atoms with Crippen molar-refractivity contribution in [1.82, 2.24) is 15.2 Å². The van der Waals surface area contributed by atoms with Crippen LogP contribution in [0.2, 0.25) is 0 Å². The van der Waals surface area contributed by atoms with Gasteiger partial charge in [-0.3, -0.25) is 4.99 Å². The Morgan fingerprint density at radius 2 is 2.15 bits per heavy atom. The van der Waals surface area contributed by atoms with E-state index in [1.54, 1.807) is 11.3 Å². The van der Waals surface area contributed by atoms with Crippen LogP contribution in [0.4, 0.5) is 0 Å². The molecule has 2 saturated heterocycles. The van der Waals surface area contributed by atoms with Gasteiger partial charge < -0.3 is 19.7 Å². The first-order valence-electron chi connectivity index (χ1n) is 10.3. The molecule has 2 fully saturated rings. The molecule has 0 amide bonds. The Morgan fingerprint density at radius 1 is 1.33 bits per heavy atom. The van der Waals surface area contributed by atoms with Crippen LogP contribution in [-0.2, 0) is 15.9 Å². The number of hydrogen-bond acceptors (Lipinski definition) is 5. The highest BCUT2D eigenvalue weighted by molar-refractivity contribution is 7.11. The van der Waals surface area contributed by atoms with Gasteiger partial charge in [-0.15, -0.1) is 11.3 Å². The van der Waals surface area contributed by atoms with Crippen LogP contribution >= 0.6 is 11.3 Å². The predicted octanol–water partition coefficient (Wildman–Crippen LogP) is 2.93. The first kappa shape index (κ1) is 20.6. The number of rotatable bonds is 7. The van der Waals surface area contributed by atoms with E-state index in [0.717, 1.165) is 81.7 Å². The van der Waals surface area contributed by atoms with Crippen LogP contribution in [0.3, 0.4) is 0 Å². The number of aromatic nitrogens is 1. The van der Waals surface area contributed by atoms with Crippen molar-refractivity contribution in [2.75, 3.05) is 39.4 Å². The number of aliphatic imine (C=N–C) groups is 1. The maximum absolute atomic E-state index is 6.09. The van der Waals surface area contributed by atoms with Crippen molar-refractivity contribution in [3.05, 3.63) is 15.6 Å². The molecular formula is C20H34N4O2S. The summed E-state index contributed by atoms with van der Waals surface area (Å²) in [4.78, 5) is 13.1. The summed E-state index contributed by atoms with van der Waals surface area (Å²) in [5.41, 5.74) is 1.15. The summed E-state index contributed by atoms with van der Waals surface area (Å²) in [6.07, 6.45) is 6.09. The Morgan fingerprint density at radius 3 is 2.78 bits per heavy atom. The summed E-state index contributed by atoms with van der Waals surface area (Å²) in [6, 6.07) is 0. The van der Waals surface area contributed by atoms with Gasteiger partial charge in [0.15, 0.2) is 5.96 Å². The highest BCUT2D eigenvalue weighted by Crippen LogP contribution is 2.19. The number of likely N-dealkylation sites (tertiary alicyclic amines) is 1. The SMILES string of the molecule is CCNC(=NCCc1sc(C)nc1C)N1CCC(OCC2CCCO2)CC1. The number of guanidine groups is 1. The van der Waals surface area contributed by atoms with Crippen LogP contribution in [0.25, 0.3) is 0 Å². The minimum Gasteiger partial charge on any atom is -0.376 e. The number of nitrogens with zero attached hydrogens (tertiary/aromatic N) is 3. The van der Waals surface area contributed by atoms with Crippen molar-refractivity contribution in [3.8, 4) is 0 Å². The summed E-state index contributed by atoms with van der Waals surface area (Å²) in [5, 5.41) is 4.59. The Labute approximate surface area is 167 Å². The third-order valence-electron chi connectivity index (χ3n) is 5.22. The average Bonchev–Trinajstić information content (AvgIpc) is 3.29. The maximum Gasteiger partial charge on any atom is 0.193 e. The number of aryl methyl sites for hydroxylation is 2. The molecule has 7 heteroatoms. The van der Waals surface area contributed by atoms with Crippen molar-refractivity contribution in [3.63, 3.8) is 0 Å². The number of nitrogens with one attached hydrogen (secondary N) is 1. The van der Waals surface area contributed by atoms with Crippen molar-refractivity contribution in [2.45, 2.75) is 65.1 Å². The predicted molar refractivity (Wildman–Crippen MR) is 111 cm³/mol. The molecule has 2 aliphatic rings. The summed E-state index contributed by atoms with van der Waals surface area (Å²) >= 11 is 1.79. The molecule has 3 rings (SSSR count). The van der Waals surface area contributed by atoms with Gasteiger partial charge in [-0.25, -0.2) is 4.98 Å². The molecule has 6 nitrogen and oxygen atoms in total. The Kier molecular flexibility index (Phi) is 7.91. The fourth-order valence-electron chi connectivity index (χ4n) is 3.75. The van der Waals surface area contributed by atoms with Crippen LogP contribution in [-0.4, -0.2) is 67.4 Å². The minimum atomic E-state index is 0.320. The third kappa shape index (κ3) is 6.16. The molecule has 1 N–H and O–H groups in total. The molecule has 1 aromatic heterocycles. The minimum absolute atomic E-state index is 0.320. The molecule has 0 spiro atoms.